The van der Waals surface area contributed by atoms with Crippen LogP contribution in [0.25, 0.3) is 22.2 Å². The number of benzene rings is 2. The Kier molecular flexibility index (Phi) is 4.15. The second-order valence-corrected chi connectivity index (χ2v) is 6.45. The zero-order valence-corrected chi connectivity index (χ0v) is 14.7. The maximum absolute atomic E-state index is 15.3. The largest absolute Gasteiger partial charge is 0.352 e. The lowest BCUT2D eigenvalue weighted by Gasteiger charge is -2.14. The number of nitrogens with zero attached hydrogens (tertiary/aromatic N) is 2. The van der Waals surface area contributed by atoms with Crippen LogP contribution in [0.1, 0.15) is 0 Å². The summed E-state index contributed by atoms with van der Waals surface area (Å²) in [6, 6.07) is 18.6. The Labute approximate surface area is 152 Å². The van der Waals surface area contributed by atoms with Gasteiger partial charge in [-0.15, -0.1) is 0 Å². The quantitative estimate of drug-likeness (QED) is 0.467. The van der Waals surface area contributed by atoms with Crippen molar-refractivity contribution in [3.8, 4) is 11.3 Å². The lowest BCUT2D eigenvalue weighted by atomic mass is 10.1. The van der Waals surface area contributed by atoms with Crippen LogP contribution >= 0.6 is 15.9 Å². The second kappa shape index (κ2) is 6.61. The third-order valence-electron chi connectivity index (χ3n) is 3.88. The van der Waals surface area contributed by atoms with Crippen molar-refractivity contribution in [3.05, 3.63) is 83.3 Å². The van der Waals surface area contributed by atoms with Gasteiger partial charge >= 0.3 is 0 Å². The van der Waals surface area contributed by atoms with Crippen molar-refractivity contribution in [2.75, 3.05) is 5.32 Å². The molecule has 0 aliphatic carbocycles. The van der Waals surface area contributed by atoms with E-state index in [0.29, 0.717) is 11.4 Å². The average Bonchev–Trinajstić information content (AvgIpc) is 2.65. The Morgan fingerprint density at radius 1 is 0.920 bits per heavy atom. The summed E-state index contributed by atoms with van der Waals surface area (Å²) in [6.45, 7) is 0. The average molecular weight is 394 g/mol. The van der Waals surface area contributed by atoms with Crippen molar-refractivity contribution >= 4 is 38.2 Å². The maximum Gasteiger partial charge on any atom is 0.173 e. The molecule has 0 atom stereocenters. The predicted octanol–water partition coefficient (Wildman–Crippen LogP) is 5.94. The molecule has 0 spiro atoms. The molecule has 0 saturated heterocycles. The first-order valence-electron chi connectivity index (χ1n) is 7.73. The van der Waals surface area contributed by atoms with Gasteiger partial charge in [0, 0.05) is 33.5 Å². The maximum atomic E-state index is 15.3. The highest BCUT2D eigenvalue weighted by atomic mass is 79.9. The summed E-state index contributed by atoms with van der Waals surface area (Å²) < 4.78 is 16.2. The number of anilines is 2. The molecule has 25 heavy (non-hydrogen) atoms. The molecular formula is C20H13BrFN3. The standard InChI is InChI=1S/C20H13BrFN3/c21-14-5-3-4-13(12-14)19-18(22)20(24-15-8-10-23-11-9-15)16-6-1-2-7-17(16)25-19/h1-12H,(H,23,24,25). The van der Waals surface area contributed by atoms with Crippen LogP contribution in [-0.4, -0.2) is 9.97 Å². The molecule has 0 amide bonds. The first kappa shape index (κ1) is 15.7. The molecule has 2 aromatic carbocycles. The molecule has 0 bridgehead atoms. The highest BCUT2D eigenvalue weighted by molar-refractivity contribution is 9.10. The third-order valence-corrected chi connectivity index (χ3v) is 4.37. The van der Waals surface area contributed by atoms with Gasteiger partial charge in [0.2, 0.25) is 0 Å². The zero-order chi connectivity index (χ0) is 17.2. The molecule has 0 fully saturated rings. The smallest absolute Gasteiger partial charge is 0.173 e. The minimum absolute atomic E-state index is 0.316. The zero-order valence-electron chi connectivity index (χ0n) is 13.1. The first-order chi connectivity index (χ1) is 12.2. The number of fused-ring (bicyclic) bond motifs is 1. The molecule has 0 aliphatic heterocycles. The number of hydrogen-bond acceptors (Lipinski definition) is 3. The normalized spacial score (nSPS) is 10.8. The van der Waals surface area contributed by atoms with E-state index in [1.807, 2.05) is 48.5 Å². The lowest BCUT2D eigenvalue weighted by molar-refractivity contribution is 0.632. The van der Waals surface area contributed by atoms with Crippen LogP contribution in [-0.2, 0) is 0 Å². The van der Waals surface area contributed by atoms with Crippen molar-refractivity contribution in [2.45, 2.75) is 0 Å². The van der Waals surface area contributed by atoms with E-state index in [0.717, 1.165) is 26.6 Å². The van der Waals surface area contributed by atoms with E-state index in [4.69, 9.17) is 0 Å². The van der Waals surface area contributed by atoms with Crippen LogP contribution in [0.15, 0.2) is 77.5 Å². The molecule has 4 aromatic rings. The molecule has 3 nitrogen and oxygen atoms in total. The van der Waals surface area contributed by atoms with Crippen LogP contribution in [0.3, 0.4) is 0 Å². The molecule has 0 radical (unpaired) electrons. The molecule has 1 N–H and O–H groups in total. The van der Waals surface area contributed by atoms with Gasteiger partial charge in [-0.05, 0) is 30.3 Å². The van der Waals surface area contributed by atoms with E-state index in [-0.39, 0.29) is 5.82 Å². The second-order valence-electron chi connectivity index (χ2n) is 5.54. The molecule has 2 aromatic heterocycles. The number of para-hydroxylation sites is 1. The van der Waals surface area contributed by atoms with E-state index in [1.165, 1.54) is 0 Å². The third kappa shape index (κ3) is 3.10. The summed E-state index contributed by atoms with van der Waals surface area (Å²) in [4.78, 5) is 8.54. The summed E-state index contributed by atoms with van der Waals surface area (Å²) in [5.74, 6) is -0.381. The Morgan fingerprint density at radius 3 is 2.52 bits per heavy atom. The van der Waals surface area contributed by atoms with Gasteiger partial charge in [-0.2, -0.15) is 0 Å². The molecule has 0 saturated carbocycles. The molecule has 2 heterocycles. The molecule has 122 valence electrons. The van der Waals surface area contributed by atoms with Crippen molar-refractivity contribution in [2.24, 2.45) is 0 Å². The molecule has 4 rings (SSSR count). The molecular weight excluding hydrogens is 381 g/mol. The van der Waals surface area contributed by atoms with Gasteiger partial charge in [0.05, 0.1) is 11.2 Å². The summed E-state index contributed by atoms with van der Waals surface area (Å²) in [7, 11) is 0. The Hall–Kier alpha value is -2.79. The van der Waals surface area contributed by atoms with Gasteiger partial charge < -0.3 is 5.32 Å². The first-order valence-corrected chi connectivity index (χ1v) is 8.53. The van der Waals surface area contributed by atoms with Gasteiger partial charge in [0.1, 0.15) is 5.69 Å². The summed E-state index contributed by atoms with van der Waals surface area (Å²) in [6.07, 6.45) is 3.33. The Morgan fingerprint density at radius 2 is 1.72 bits per heavy atom. The number of aromatic nitrogens is 2. The highest BCUT2D eigenvalue weighted by Crippen LogP contribution is 2.34. The van der Waals surface area contributed by atoms with Crippen LogP contribution < -0.4 is 5.32 Å². The lowest BCUT2D eigenvalue weighted by Crippen LogP contribution is -2.00. The fourth-order valence-corrected chi connectivity index (χ4v) is 3.12. The van der Waals surface area contributed by atoms with Crippen LogP contribution in [0, 0.1) is 5.82 Å². The van der Waals surface area contributed by atoms with Crippen LogP contribution in [0.2, 0.25) is 0 Å². The van der Waals surface area contributed by atoms with Crippen LogP contribution in [0.5, 0.6) is 0 Å². The molecule has 0 unspecified atom stereocenters. The van der Waals surface area contributed by atoms with E-state index >= 15 is 4.39 Å². The monoisotopic (exact) mass is 393 g/mol. The van der Waals surface area contributed by atoms with Crippen molar-refractivity contribution in [3.63, 3.8) is 0 Å². The number of rotatable bonds is 3. The van der Waals surface area contributed by atoms with E-state index in [1.54, 1.807) is 24.5 Å². The minimum Gasteiger partial charge on any atom is -0.352 e. The number of nitrogens with one attached hydrogen (secondary N) is 1. The SMILES string of the molecule is Fc1c(-c2cccc(Br)c2)nc2ccccc2c1Nc1ccncc1. The number of pyridine rings is 2. The minimum atomic E-state index is -0.381. The van der Waals surface area contributed by atoms with Gasteiger partial charge in [-0.3, -0.25) is 4.98 Å². The van der Waals surface area contributed by atoms with E-state index in [2.05, 4.69) is 31.2 Å². The summed E-state index contributed by atoms with van der Waals surface area (Å²) >= 11 is 3.43. The van der Waals surface area contributed by atoms with Crippen molar-refractivity contribution < 1.29 is 4.39 Å². The van der Waals surface area contributed by atoms with Crippen molar-refractivity contribution in [1.29, 1.82) is 0 Å². The molecule has 0 aliphatic rings. The van der Waals surface area contributed by atoms with E-state index < -0.39 is 0 Å². The van der Waals surface area contributed by atoms with Gasteiger partial charge in [-0.25, -0.2) is 9.37 Å². The Balaban J connectivity index is 1.95. The number of hydrogen-bond donors (Lipinski definition) is 1. The fourth-order valence-electron chi connectivity index (χ4n) is 2.72. The fraction of sp³-hybridized carbons (Fsp3) is 0. The van der Waals surface area contributed by atoms with Gasteiger partial charge in [0.25, 0.3) is 0 Å². The van der Waals surface area contributed by atoms with Gasteiger partial charge in [0.15, 0.2) is 5.82 Å². The summed E-state index contributed by atoms with van der Waals surface area (Å²) in [5.41, 5.74) is 2.94. The van der Waals surface area contributed by atoms with Crippen LogP contribution in [0.4, 0.5) is 15.8 Å². The van der Waals surface area contributed by atoms with E-state index in [9.17, 15) is 0 Å². The number of halogens is 2. The highest BCUT2D eigenvalue weighted by Gasteiger charge is 2.17. The summed E-state index contributed by atoms with van der Waals surface area (Å²) in [5, 5.41) is 3.91. The topological polar surface area (TPSA) is 37.8 Å². The van der Waals surface area contributed by atoms with Crippen molar-refractivity contribution in [1.82, 2.24) is 9.97 Å². The molecule has 5 heteroatoms. The Bertz CT molecular complexity index is 1050. The predicted molar refractivity (Wildman–Crippen MR) is 102 cm³/mol. The van der Waals surface area contributed by atoms with Gasteiger partial charge in [-0.1, -0.05) is 46.3 Å².